The zero-order valence-corrected chi connectivity index (χ0v) is 16.6. The van der Waals surface area contributed by atoms with E-state index in [4.69, 9.17) is 4.12 Å². The second-order valence-electron chi connectivity index (χ2n) is 6.33. The van der Waals surface area contributed by atoms with Gasteiger partial charge in [0.05, 0.1) is 0 Å². The van der Waals surface area contributed by atoms with Gasteiger partial charge < -0.3 is 4.12 Å². The molecule has 1 unspecified atom stereocenters. The van der Waals surface area contributed by atoms with Gasteiger partial charge in [-0.1, -0.05) is 78.1 Å². The summed E-state index contributed by atoms with van der Waals surface area (Å²) < 4.78 is 5.81. The molecule has 0 bridgehead atoms. The summed E-state index contributed by atoms with van der Waals surface area (Å²) in [6.45, 7) is 9.43. The Hall–Kier alpha value is 0.394. The maximum atomic E-state index is 5.81. The Balaban J connectivity index is 3.30. The van der Waals surface area contributed by atoms with Crippen molar-refractivity contribution >= 4 is 18.8 Å². The van der Waals surface area contributed by atoms with Gasteiger partial charge in [-0.05, 0) is 18.6 Å². The van der Waals surface area contributed by atoms with E-state index in [1.807, 2.05) is 0 Å². The average molecular weight is 289 g/mol. The van der Waals surface area contributed by atoms with Crippen LogP contribution < -0.4 is 0 Å². The van der Waals surface area contributed by atoms with Crippen LogP contribution in [-0.4, -0.2) is 18.8 Å². The first-order valence-electron chi connectivity index (χ1n) is 8.09. The summed E-state index contributed by atoms with van der Waals surface area (Å²) in [5, 5.41) is 0. The van der Waals surface area contributed by atoms with Crippen molar-refractivity contribution < 1.29 is 4.12 Å². The summed E-state index contributed by atoms with van der Waals surface area (Å²) >= 11 is 0. The predicted octanol–water partition coefficient (Wildman–Crippen LogP) is 4.80. The molecular formula is C15H36OSi2. The van der Waals surface area contributed by atoms with Crippen molar-refractivity contribution in [2.45, 2.75) is 96.7 Å². The van der Waals surface area contributed by atoms with E-state index in [1.165, 1.54) is 64.2 Å². The van der Waals surface area contributed by atoms with Crippen molar-refractivity contribution in [2.75, 3.05) is 0 Å². The van der Waals surface area contributed by atoms with Crippen molar-refractivity contribution in [3.05, 3.63) is 0 Å². The molecule has 0 aliphatic heterocycles. The highest BCUT2D eigenvalue weighted by atomic mass is 28.4. The van der Waals surface area contributed by atoms with E-state index in [9.17, 15) is 0 Å². The van der Waals surface area contributed by atoms with Crippen molar-refractivity contribution in [2.24, 2.45) is 0 Å². The van der Waals surface area contributed by atoms with Crippen LogP contribution in [-0.2, 0) is 4.12 Å². The second kappa shape index (κ2) is 11.2. The van der Waals surface area contributed by atoms with Crippen LogP contribution in [0.2, 0.25) is 18.6 Å². The van der Waals surface area contributed by atoms with Gasteiger partial charge in [0.1, 0.15) is 10.5 Å². The summed E-state index contributed by atoms with van der Waals surface area (Å²) in [6.07, 6.45) is 14.3. The van der Waals surface area contributed by atoms with Gasteiger partial charge in [-0.15, -0.1) is 0 Å². The molecule has 110 valence electrons. The molecule has 0 rings (SSSR count). The number of hydrogen-bond donors (Lipinski definition) is 0. The molecule has 0 aromatic carbocycles. The molecule has 0 fully saturated rings. The molecule has 0 radical (unpaired) electrons. The van der Waals surface area contributed by atoms with Crippen LogP contribution in [0.1, 0.15) is 78.1 Å². The Morgan fingerprint density at radius 1 is 0.889 bits per heavy atom. The van der Waals surface area contributed by atoms with Gasteiger partial charge >= 0.3 is 0 Å². The van der Waals surface area contributed by atoms with Gasteiger partial charge in [-0.2, -0.15) is 0 Å². The van der Waals surface area contributed by atoms with E-state index in [-0.39, 0.29) is 0 Å². The van der Waals surface area contributed by atoms with E-state index >= 15 is 0 Å². The molecule has 0 amide bonds. The van der Waals surface area contributed by atoms with Crippen LogP contribution in [0.5, 0.6) is 0 Å². The molecule has 3 heteroatoms. The minimum atomic E-state index is -1.31. The first-order chi connectivity index (χ1) is 8.54. The summed E-state index contributed by atoms with van der Waals surface area (Å²) in [7, 11) is -0.391. The van der Waals surface area contributed by atoms with Crippen molar-refractivity contribution in [3.63, 3.8) is 0 Å². The lowest BCUT2D eigenvalue weighted by Crippen LogP contribution is -2.34. The third kappa shape index (κ3) is 9.34. The lowest BCUT2D eigenvalue weighted by atomic mass is 10.1. The van der Waals surface area contributed by atoms with Crippen LogP contribution in [0, 0.1) is 0 Å². The molecule has 0 aromatic rings. The molecule has 18 heavy (non-hydrogen) atoms. The Labute approximate surface area is 120 Å². The first-order valence-corrected chi connectivity index (χ1v) is 11.9. The molecule has 1 atom stereocenters. The molecular weight excluding hydrogens is 252 g/mol. The van der Waals surface area contributed by atoms with Gasteiger partial charge in [0.15, 0.2) is 8.32 Å². The first kappa shape index (κ1) is 18.4. The highest BCUT2D eigenvalue weighted by molar-refractivity contribution is 6.75. The smallest absolute Gasteiger partial charge is 0.175 e. The van der Waals surface area contributed by atoms with Crippen molar-refractivity contribution in [1.82, 2.24) is 0 Å². The maximum Gasteiger partial charge on any atom is 0.175 e. The molecule has 0 aliphatic rings. The van der Waals surface area contributed by atoms with Crippen LogP contribution >= 0.6 is 0 Å². The molecule has 0 aliphatic carbocycles. The number of unbranched alkanes of at least 4 members (excludes halogenated alkanes) is 8. The van der Waals surface area contributed by atoms with Gasteiger partial charge in [0.25, 0.3) is 0 Å². The van der Waals surface area contributed by atoms with E-state index in [2.05, 4.69) is 26.9 Å². The fraction of sp³-hybridized carbons (Fsp3) is 1.00. The van der Waals surface area contributed by atoms with Crippen molar-refractivity contribution in [3.8, 4) is 0 Å². The SMILES string of the molecule is CCCCCCCCCCCC(C)[Si](C)(C)O[SiH3]. The number of rotatable bonds is 12. The molecule has 1 nitrogen and oxygen atoms in total. The fourth-order valence-electron chi connectivity index (χ4n) is 2.31. The van der Waals surface area contributed by atoms with Crippen LogP contribution in [0.3, 0.4) is 0 Å². The molecule has 0 heterocycles. The standard InChI is InChI=1S/C15H36OSi2/c1-5-6-7-8-9-10-11-12-13-14-15(2)18(3,4)16-17/h15H,5-14H2,1-4,17H3. The highest BCUT2D eigenvalue weighted by Crippen LogP contribution is 2.27. The second-order valence-corrected chi connectivity index (χ2v) is 12.2. The summed E-state index contributed by atoms with van der Waals surface area (Å²) in [4.78, 5) is 0. The normalized spacial score (nSPS) is 14.0. The molecule has 0 saturated heterocycles. The zero-order chi connectivity index (χ0) is 13.9. The van der Waals surface area contributed by atoms with E-state index in [0.717, 1.165) is 16.0 Å². The minimum absolute atomic E-state index is 0.833. The molecule has 0 saturated carbocycles. The Kier molecular flexibility index (Phi) is 11.5. The lowest BCUT2D eigenvalue weighted by molar-refractivity contribution is 0.527. The lowest BCUT2D eigenvalue weighted by Gasteiger charge is -2.28. The van der Waals surface area contributed by atoms with E-state index < -0.39 is 8.32 Å². The third-order valence-electron chi connectivity index (χ3n) is 4.45. The Bertz CT molecular complexity index is 183. The summed E-state index contributed by atoms with van der Waals surface area (Å²) in [6, 6.07) is 0. The Morgan fingerprint density at radius 2 is 1.33 bits per heavy atom. The van der Waals surface area contributed by atoms with Crippen LogP contribution in [0.15, 0.2) is 0 Å². The fourth-order valence-corrected chi connectivity index (χ4v) is 4.82. The van der Waals surface area contributed by atoms with Gasteiger partial charge in [-0.3, -0.25) is 0 Å². The maximum absolute atomic E-state index is 5.81. The van der Waals surface area contributed by atoms with Gasteiger partial charge in [0.2, 0.25) is 0 Å². The van der Waals surface area contributed by atoms with Crippen molar-refractivity contribution in [1.29, 1.82) is 0 Å². The summed E-state index contributed by atoms with van der Waals surface area (Å²) in [5.74, 6) is 0. The average Bonchev–Trinajstić information content (AvgIpc) is 2.36. The molecule has 0 spiro atoms. The third-order valence-corrected chi connectivity index (χ3v) is 11.3. The Morgan fingerprint density at radius 3 is 1.78 bits per heavy atom. The topological polar surface area (TPSA) is 9.23 Å². The molecule has 0 N–H and O–H groups in total. The monoisotopic (exact) mass is 288 g/mol. The van der Waals surface area contributed by atoms with E-state index in [0.29, 0.717) is 0 Å². The van der Waals surface area contributed by atoms with Gasteiger partial charge in [0, 0.05) is 0 Å². The van der Waals surface area contributed by atoms with Crippen LogP contribution in [0.25, 0.3) is 0 Å². The largest absolute Gasteiger partial charge is 0.463 e. The summed E-state index contributed by atoms with van der Waals surface area (Å²) in [5.41, 5.74) is 0.833. The highest BCUT2D eigenvalue weighted by Gasteiger charge is 2.27. The zero-order valence-electron chi connectivity index (χ0n) is 13.6. The predicted molar refractivity (Wildman–Crippen MR) is 89.8 cm³/mol. The van der Waals surface area contributed by atoms with E-state index in [1.54, 1.807) is 0 Å². The van der Waals surface area contributed by atoms with Gasteiger partial charge in [-0.25, -0.2) is 0 Å². The van der Waals surface area contributed by atoms with Crippen LogP contribution in [0.4, 0.5) is 0 Å². The molecule has 0 aromatic heterocycles. The number of hydrogen-bond acceptors (Lipinski definition) is 1. The quantitative estimate of drug-likeness (QED) is 0.370. The minimum Gasteiger partial charge on any atom is -0.463 e.